The lowest BCUT2D eigenvalue weighted by atomic mass is 10.1. The lowest BCUT2D eigenvalue weighted by molar-refractivity contribution is 0.319. The summed E-state index contributed by atoms with van der Waals surface area (Å²) in [5.74, 6) is -0.281. The second-order valence-corrected chi connectivity index (χ2v) is 7.79. The van der Waals surface area contributed by atoms with Gasteiger partial charge in [0.15, 0.2) is 9.84 Å². The van der Waals surface area contributed by atoms with Gasteiger partial charge in [-0.3, -0.25) is 5.10 Å². The highest BCUT2D eigenvalue weighted by Gasteiger charge is 2.14. The van der Waals surface area contributed by atoms with Crippen LogP contribution in [0.4, 0.5) is 0 Å². The van der Waals surface area contributed by atoms with Crippen molar-refractivity contribution in [1.82, 2.24) is 10.2 Å². The van der Waals surface area contributed by atoms with Gasteiger partial charge < -0.3 is 5.11 Å². The maximum atomic E-state index is 11.9. The number of rotatable bonds is 5. The van der Waals surface area contributed by atoms with Crippen LogP contribution in [0.15, 0.2) is 59.5 Å². The third kappa shape index (κ3) is 3.51. The van der Waals surface area contributed by atoms with Crippen LogP contribution in [0.3, 0.4) is 0 Å². The summed E-state index contributed by atoms with van der Waals surface area (Å²) in [6, 6.07) is 15.7. The zero-order chi connectivity index (χ0) is 17.2. The third-order valence-corrected chi connectivity index (χ3v) is 5.56. The third-order valence-electron chi connectivity index (χ3n) is 3.60. The Labute approximate surface area is 144 Å². The number of hydrogen-bond donors (Lipinski definition) is 2. The van der Waals surface area contributed by atoms with Crippen LogP contribution in [0, 0.1) is 0 Å². The number of nitrogens with zero attached hydrogens (tertiary/aromatic N) is 1. The fourth-order valence-corrected chi connectivity index (χ4v) is 3.47. The molecule has 0 aliphatic carbocycles. The predicted octanol–water partition coefficient (Wildman–Crippen LogP) is 3.16. The summed E-state index contributed by atoms with van der Waals surface area (Å²) < 4.78 is 23.8. The number of aliphatic hydroxyl groups is 1. The fraction of sp³-hybridized carbons (Fsp3) is 0.118. The predicted molar refractivity (Wildman–Crippen MR) is 93.6 cm³/mol. The fourth-order valence-electron chi connectivity index (χ4n) is 2.32. The first-order chi connectivity index (χ1) is 11.5. The number of benzene rings is 2. The molecule has 124 valence electrons. The molecule has 0 amide bonds. The average Bonchev–Trinajstić information content (AvgIpc) is 3.05. The maximum absolute atomic E-state index is 11.9. The van der Waals surface area contributed by atoms with Crippen LogP contribution in [0.5, 0.6) is 0 Å². The summed E-state index contributed by atoms with van der Waals surface area (Å²) in [6.45, 7) is -0.394. The van der Waals surface area contributed by atoms with Crippen molar-refractivity contribution in [3.63, 3.8) is 0 Å². The molecule has 0 radical (unpaired) electrons. The smallest absolute Gasteiger partial charge is 0.180 e. The Kier molecular flexibility index (Phi) is 4.71. The first-order valence-corrected chi connectivity index (χ1v) is 9.28. The van der Waals surface area contributed by atoms with E-state index in [1.165, 1.54) is 12.1 Å². The summed E-state index contributed by atoms with van der Waals surface area (Å²) in [5, 5.41) is 16.7. The van der Waals surface area contributed by atoms with Gasteiger partial charge in [0.05, 0.1) is 28.6 Å². The van der Waals surface area contributed by atoms with E-state index in [-0.39, 0.29) is 10.6 Å². The molecule has 3 rings (SSSR count). The van der Waals surface area contributed by atoms with Crippen LogP contribution in [-0.2, 0) is 9.84 Å². The number of nitrogens with one attached hydrogen (secondary N) is 1. The van der Waals surface area contributed by atoms with E-state index < -0.39 is 16.4 Å². The minimum atomic E-state index is -3.44. The molecule has 24 heavy (non-hydrogen) atoms. The Hall–Kier alpha value is -2.15. The molecule has 0 aliphatic heterocycles. The highest BCUT2D eigenvalue weighted by atomic mass is 35.5. The van der Waals surface area contributed by atoms with Gasteiger partial charge in [-0.25, -0.2) is 8.42 Å². The molecule has 2 N–H and O–H groups in total. The Balaban J connectivity index is 1.87. The van der Waals surface area contributed by atoms with Crippen LogP contribution < -0.4 is 0 Å². The molecule has 1 aromatic heterocycles. The standard InChI is InChI=1S/C17H15ClN2O3S/c18-14-5-1-12(2-6-14)16-11-17(20-19-16)13-3-7-15(8-4-13)24(22,23)10-9-21/h1-8,11,21H,9-10H2,(H,19,20). The molecule has 1 heterocycles. The SMILES string of the molecule is O=S(=O)(CCO)c1ccc(-c2cc(-c3ccc(Cl)cc3)n[nH]2)cc1. The first-order valence-electron chi connectivity index (χ1n) is 7.25. The quantitative estimate of drug-likeness (QED) is 0.730. The molecule has 0 spiro atoms. The van der Waals surface area contributed by atoms with E-state index in [2.05, 4.69) is 10.2 Å². The normalized spacial score (nSPS) is 11.6. The van der Waals surface area contributed by atoms with Crippen LogP contribution in [-0.4, -0.2) is 36.1 Å². The van der Waals surface area contributed by atoms with Gasteiger partial charge in [-0.1, -0.05) is 35.9 Å². The van der Waals surface area contributed by atoms with E-state index >= 15 is 0 Å². The average molecular weight is 363 g/mol. The number of halogens is 1. The molecule has 0 unspecified atom stereocenters. The van der Waals surface area contributed by atoms with Gasteiger partial charge in [-0.05, 0) is 35.9 Å². The first kappa shape index (κ1) is 16.7. The van der Waals surface area contributed by atoms with Gasteiger partial charge in [-0.15, -0.1) is 0 Å². The van der Waals surface area contributed by atoms with Crippen molar-refractivity contribution < 1.29 is 13.5 Å². The maximum Gasteiger partial charge on any atom is 0.180 e. The van der Waals surface area contributed by atoms with Crippen LogP contribution in [0.2, 0.25) is 5.02 Å². The molecule has 5 nitrogen and oxygen atoms in total. The van der Waals surface area contributed by atoms with Gasteiger partial charge in [0.2, 0.25) is 0 Å². The molecule has 7 heteroatoms. The van der Waals surface area contributed by atoms with Crippen molar-refractivity contribution in [3.05, 3.63) is 59.6 Å². The molecule has 0 atom stereocenters. The summed E-state index contributed by atoms with van der Waals surface area (Å²) in [5.41, 5.74) is 3.32. The van der Waals surface area contributed by atoms with Crippen LogP contribution in [0.1, 0.15) is 0 Å². The number of sulfone groups is 1. The molecular weight excluding hydrogens is 348 g/mol. The highest BCUT2D eigenvalue weighted by Crippen LogP contribution is 2.25. The van der Waals surface area contributed by atoms with E-state index in [1.807, 2.05) is 18.2 Å². The summed E-state index contributed by atoms with van der Waals surface area (Å²) >= 11 is 5.88. The number of H-pyrrole nitrogens is 1. The summed E-state index contributed by atoms with van der Waals surface area (Å²) in [6.07, 6.45) is 0. The van der Waals surface area contributed by atoms with Crippen molar-refractivity contribution in [2.45, 2.75) is 4.90 Å². The van der Waals surface area contributed by atoms with Gasteiger partial charge in [0, 0.05) is 10.6 Å². The molecule has 0 fully saturated rings. The van der Waals surface area contributed by atoms with E-state index in [0.29, 0.717) is 5.02 Å². The van der Waals surface area contributed by atoms with E-state index in [1.54, 1.807) is 24.3 Å². The van der Waals surface area contributed by atoms with Crippen molar-refractivity contribution in [2.24, 2.45) is 0 Å². The number of aliphatic hydroxyl groups excluding tert-OH is 1. The molecule has 3 aromatic rings. The summed E-state index contributed by atoms with van der Waals surface area (Å²) in [4.78, 5) is 0.192. The second kappa shape index (κ2) is 6.76. The van der Waals surface area contributed by atoms with Crippen LogP contribution >= 0.6 is 11.6 Å². The zero-order valence-electron chi connectivity index (χ0n) is 12.6. The van der Waals surface area contributed by atoms with E-state index in [9.17, 15) is 8.42 Å². The van der Waals surface area contributed by atoms with Crippen LogP contribution in [0.25, 0.3) is 22.5 Å². The van der Waals surface area contributed by atoms with Crippen molar-refractivity contribution in [1.29, 1.82) is 0 Å². The van der Waals surface area contributed by atoms with E-state index in [0.717, 1.165) is 22.5 Å². The van der Waals surface area contributed by atoms with Crippen molar-refractivity contribution >= 4 is 21.4 Å². The molecule has 2 aromatic carbocycles. The molecular formula is C17H15ClN2O3S. The minimum absolute atomic E-state index is 0.192. The van der Waals surface area contributed by atoms with Gasteiger partial charge in [-0.2, -0.15) is 5.10 Å². The highest BCUT2D eigenvalue weighted by molar-refractivity contribution is 7.91. The van der Waals surface area contributed by atoms with Gasteiger partial charge >= 0.3 is 0 Å². The monoisotopic (exact) mass is 362 g/mol. The Morgan fingerprint density at radius 3 is 2.25 bits per heavy atom. The zero-order valence-corrected chi connectivity index (χ0v) is 14.2. The van der Waals surface area contributed by atoms with E-state index in [4.69, 9.17) is 16.7 Å². The lowest BCUT2D eigenvalue weighted by Gasteiger charge is -2.03. The lowest BCUT2D eigenvalue weighted by Crippen LogP contribution is -2.09. The number of aromatic nitrogens is 2. The van der Waals surface area contributed by atoms with Crippen molar-refractivity contribution in [3.8, 4) is 22.5 Å². The van der Waals surface area contributed by atoms with Crippen molar-refractivity contribution in [2.75, 3.05) is 12.4 Å². The molecule has 0 bridgehead atoms. The Morgan fingerprint density at radius 1 is 1.00 bits per heavy atom. The number of hydrogen-bond acceptors (Lipinski definition) is 4. The largest absolute Gasteiger partial charge is 0.395 e. The van der Waals surface area contributed by atoms with Gasteiger partial charge in [0.1, 0.15) is 0 Å². The Morgan fingerprint density at radius 2 is 1.62 bits per heavy atom. The van der Waals surface area contributed by atoms with Gasteiger partial charge in [0.25, 0.3) is 0 Å². The topological polar surface area (TPSA) is 83.1 Å². The molecule has 0 saturated carbocycles. The molecule has 0 saturated heterocycles. The molecule has 0 aliphatic rings. The second-order valence-electron chi connectivity index (χ2n) is 5.24. The summed E-state index contributed by atoms with van der Waals surface area (Å²) in [7, 11) is -3.44. The Bertz CT molecular complexity index is 933. The minimum Gasteiger partial charge on any atom is -0.395 e. The number of aromatic amines is 1.